The molecule has 0 spiro atoms. The van der Waals surface area contributed by atoms with E-state index in [-0.39, 0.29) is 42.1 Å². The molecule has 0 radical (unpaired) electrons. The van der Waals surface area contributed by atoms with Gasteiger partial charge in [0.2, 0.25) is 11.8 Å². The van der Waals surface area contributed by atoms with Gasteiger partial charge in [0.15, 0.2) is 0 Å². The minimum Gasteiger partial charge on any atom is -0.347 e. The molecule has 3 rings (SSSR count). The van der Waals surface area contributed by atoms with Gasteiger partial charge in [-0.1, -0.05) is 26.0 Å². The van der Waals surface area contributed by atoms with E-state index in [9.17, 15) is 14.0 Å². The number of rotatable bonds is 5. The number of nitrogens with zero attached hydrogens (tertiary/aromatic N) is 1. The van der Waals surface area contributed by atoms with Crippen LogP contribution in [0.5, 0.6) is 0 Å². The van der Waals surface area contributed by atoms with Crippen molar-refractivity contribution in [2.75, 3.05) is 26.2 Å². The molecule has 2 heterocycles. The normalized spacial score (nSPS) is 25.6. The molecule has 7 heteroatoms. The Morgan fingerprint density at radius 1 is 1.30 bits per heavy atom. The molecule has 2 fully saturated rings. The maximum Gasteiger partial charge on any atom is 0.241 e. The molecule has 3 unspecified atom stereocenters. The highest BCUT2D eigenvalue weighted by atomic mass is 19.1. The maximum absolute atomic E-state index is 13.2. The first kappa shape index (κ1) is 19.8. The summed E-state index contributed by atoms with van der Waals surface area (Å²) >= 11 is 0. The molecule has 1 aromatic carbocycles. The number of hydrogen-bond donors (Lipinski definition) is 3. The summed E-state index contributed by atoms with van der Waals surface area (Å²) < 4.78 is 13.2. The van der Waals surface area contributed by atoms with Gasteiger partial charge in [0.25, 0.3) is 0 Å². The fraction of sp³-hybridized carbons (Fsp3) is 0.600. The molecule has 3 N–H and O–H groups in total. The van der Waals surface area contributed by atoms with Crippen LogP contribution < -0.4 is 16.2 Å². The van der Waals surface area contributed by atoms with Crippen LogP contribution in [0.3, 0.4) is 0 Å². The molecule has 27 heavy (non-hydrogen) atoms. The second-order valence-corrected chi connectivity index (χ2v) is 7.82. The summed E-state index contributed by atoms with van der Waals surface area (Å²) in [5.74, 6) is 0.0667. The minimum atomic E-state index is -0.230. The van der Waals surface area contributed by atoms with Crippen LogP contribution in [0.15, 0.2) is 24.3 Å². The predicted octanol–water partition coefficient (Wildman–Crippen LogP) is 1.40. The van der Waals surface area contributed by atoms with Gasteiger partial charge < -0.3 is 10.2 Å². The molecular formula is C20H29FN4O2. The number of nitrogens with one attached hydrogen (secondary N) is 3. The topological polar surface area (TPSA) is 73.5 Å². The standard InChI is InChI=1S/C20H29FN4O2/c1-13(2)20(27)22-11-18(26)25-9-3-4-15(12-25)19-17(10-23-24-19)14-5-7-16(21)8-6-14/h5-8,13,15,17,19,23-24H,3-4,9-12H2,1-2H3,(H,22,27). The Morgan fingerprint density at radius 2 is 2.04 bits per heavy atom. The van der Waals surface area contributed by atoms with Gasteiger partial charge in [-0.15, -0.1) is 0 Å². The first-order chi connectivity index (χ1) is 13.0. The van der Waals surface area contributed by atoms with Crippen LogP contribution in [-0.2, 0) is 9.59 Å². The van der Waals surface area contributed by atoms with E-state index < -0.39 is 0 Å². The van der Waals surface area contributed by atoms with Crippen LogP contribution in [0.4, 0.5) is 4.39 Å². The first-order valence-corrected chi connectivity index (χ1v) is 9.75. The third-order valence-corrected chi connectivity index (χ3v) is 5.58. The van der Waals surface area contributed by atoms with Crippen molar-refractivity contribution in [1.82, 2.24) is 21.1 Å². The Labute approximate surface area is 159 Å². The number of likely N-dealkylation sites (tertiary alicyclic amines) is 1. The van der Waals surface area contributed by atoms with E-state index in [1.807, 2.05) is 30.9 Å². The van der Waals surface area contributed by atoms with Crippen molar-refractivity contribution < 1.29 is 14.0 Å². The van der Waals surface area contributed by atoms with E-state index in [1.165, 1.54) is 12.1 Å². The molecule has 3 atom stereocenters. The summed E-state index contributed by atoms with van der Waals surface area (Å²) in [5, 5.41) is 2.71. The predicted molar refractivity (Wildman–Crippen MR) is 101 cm³/mol. The lowest BCUT2D eigenvalue weighted by Gasteiger charge is -2.37. The van der Waals surface area contributed by atoms with E-state index >= 15 is 0 Å². The number of halogens is 1. The van der Waals surface area contributed by atoms with Crippen molar-refractivity contribution in [3.8, 4) is 0 Å². The van der Waals surface area contributed by atoms with E-state index in [0.29, 0.717) is 12.5 Å². The Kier molecular flexibility index (Phi) is 6.44. The van der Waals surface area contributed by atoms with E-state index in [1.54, 1.807) is 0 Å². The number of hydrogen-bond acceptors (Lipinski definition) is 4. The lowest BCUT2D eigenvalue weighted by Crippen LogP contribution is -2.50. The molecule has 0 saturated carbocycles. The molecule has 6 nitrogen and oxygen atoms in total. The van der Waals surface area contributed by atoms with Crippen LogP contribution in [0.2, 0.25) is 0 Å². The molecule has 0 bridgehead atoms. The Balaban J connectivity index is 1.60. The molecule has 2 aliphatic heterocycles. The number of benzene rings is 1. The Morgan fingerprint density at radius 3 is 2.74 bits per heavy atom. The van der Waals surface area contributed by atoms with E-state index in [0.717, 1.165) is 31.5 Å². The SMILES string of the molecule is CC(C)C(=O)NCC(=O)N1CCCC(C2NNCC2c2ccc(F)cc2)C1. The fourth-order valence-electron chi connectivity index (χ4n) is 4.00. The number of carbonyl (C=O) groups excluding carboxylic acids is 2. The van der Waals surface area contributed by atoms with E-state index in [4.69, 9.17) is 0 Å². The smallest absolute Gasteiger partial charge is 0.241 e. The van der Waals surface area contributed by atoms with Crippen molar-refractivity contribution in [3.05, 3.63) is 35.6 Å². The molecular weight excluding hydrogens is 347 g/mol. The number of hydrazine groups is 1. The fourth-order valence-corrected chi connectivity index (χ4v) is 4.00. The van der Waals surface area contributed by atoms with Gasteiger partial charge in [-0.3, -0.25) is 20.4 Å². The molecule has 0 aromatic heterocycles. The second-order valence-electron chi connectivity index (χ2n) is 7.82. The van der Waals surface area contributed by atoms with Crippen molar-refractivity contribution >= 4 is 11.8 Å². The van der Waals surface area contributed by atoms with Crippen LogP contribution in [-0.4, -0.2) is 48.9 Å². The van der Waals surface area contributed by atoms with Gasteiger partial charge in [-0.2, -0.15) is 0 Å². The third-order valence-electron chi connectivity index (χ3n) is 5.58. The second kappa shape index (κ2) is 8.80. The number of amides is 2. The monoisotopic (exact) mass is 376 g/mol. The summed E-state index contributed by atoms with van der Waals surface area (Å²) in [4.78, 5) is 26.1. The van der Waals surface area contributed by atoms with Gasteiger partial charge in [-0.25, -0.2) is 4.39 Å². The van der Waals surface area contributed by atoms with Gasteiger partial charge >= 0.3 is 0 Å². The summed E-state index contributed by atoms with van der Waals surface area (Å²) in [5.41, 5.74) is 7.69. The van der Waals surface area contributed by atoms with Gasteiger partial charge in [0.1, 0.15) is 5.82 Å². The molecule has 2 saturated heterocycles. The molecule has 0 aliphatic carbocycles. The van der Waals surface area contributed by atoms with E-state index in [2.05, 4.69) is 16.2 Å². The molecule has 148 valence electrons. The van der Waals surface area contributed by atoms with Crippen molar-refractivity contribution in [2.45, 2.75) is 38.6 Å². The van der Waals surface area contributed by atoms with Crippen molar-refractivity contribution in [3.63, 3.8) is 0 Å². The summed E-state index contributed by atoms with van der Waals surface area (Å²) in [7, 11) is 0. The molecule has 2 aliphatic rings. The molecule has 2 amide bonds. The van der Waals surface area contributed by atoms with Gasteiger partial charge in [0.05, 0.1) is 6.54 Å². The lowest BCUT2D eigenvalue weighted by molar-refractivity contribution is -0.135. The number of carbonyl (C=O) groups is 2. The van der Waals surface area contributed by atoms with Crippen molar-refractivity contribution in [1.29, 1.82) is 0 Å². The van der Waals surface area contributed by atoms with Gasteiger partial charge in [0, 0.05) is 37.5 Å². The van der Waals surface area contributed by atoms with Crippen LogP contribution in [0.1, 0.15) is 38.2 Å². The van der Waals surface area contributed by atoms with Crippen LogP contribution in [0.25, 0.3) is 0 Å². The minimum absolute atomic E-state index is 0.0296. The highest BCUT2D eigenvalue weighted by Crippen LogP contribution is 2.31. The zero-order valence-electron chi connectivity index (χ0n) is 16.0. The Bertz CT molecular complexity index is 664. The maximum atomic E-state index is 13.2. The average Bonchev–Trinajstić information content (AvgIpc) is 3.16. The highest BCUT2D eigenvalue weighted by molar-refractivity contribution is 5.85. The summed E-state index contributed by atoms with van der Waals surface area (Å²) in [6, 6.07) is 6.87. The average molecular weight is 376 g/mol. The van der Waals surface area contributed by atoms with Gasteiger partial charge in [-0.05, 0) is 36.5 Å². The largest absolute Gasteiger partial charge is 0.347 e. The summed E-state index contributed by atoms with van der Waals surface area (Å²) in [6.45, 7) is 5.87. The number of piperidine rings is 1. The quantitative estimate of drug-likeness (QED) is 0.726. The highest BCUT2D eigenvalue weighted by Gasteiger charge is 2.37. The first-order valence-electron chi connectivity index (χ1n) is 9.75. The van der Waals surface area contributed by atoms with Crippen molar-refractivity contribution in [2.24, 2.45) is 11.8 Å². The van der Waals surface area contributed by atoms with Crippen LogP contribution in [0, 0.1) is 17.7 Å². The zero-order valence-corrected chi connectivity index (χ0v) is 16.0. The summed E-state index contributed by atoms with van der Waals surface area (Å²) in [6.07, 6.45) is 1.99. The zero-order chi connectivity index (χ0) is 19.4. The molecule has 1 aromatic rings. The lowest BCUT2D eigenvalue weighted by atomic mass is 9.81. The van der Waals surface area contributed by atoms with Crippen LogP contribution >= 0.6 is 0 Å². The Hall–Kier alpha value is -1.99. The third kappa shape index (κ3) is 4.84.